The lowest BCUT2D eigenvalue weighted by atomic mass is 10.1. The Morgan fingerprint density at radius 2 is 1.87 bits per heavy atom. The van der Waals surface area contributed by atoms with Gasteiger partial charge in [0.2, 0.25) is 0 Å². The fourth-order valence-electron chi connectivity index (χ4n) is 3.15. The number of carbonyl (C=O) groups is 1. The molecule has 156 valence electrons. The minimum atomic E-state index is -0.0368. The summed E-state index contributed by atoms with van der Waals surface area (Å²) in [4.78, 5) is 14.4. The highest BCUT2D eigenvalue weighted by atomic mass is 35.5. The van der Waals surface area contributed by atoms with Crippen molar-refractivity contribution in [2.75, 3.05) is 0 Å². The van der Waals surface area contributed by atoms with E-state index in [1.165, 1.54) is 16.9 Å². The van der Waals surface area contributed by atoms with Crippen molar-refractivity contribution in [1.82, 2.24) is 0 Å². The fraction of sp³-hybridized carbons (Fsp3) is 0.115. The van der Waals surface area contributed by atoms with Crippen LogP contribution in [0, 0.1) is 6.92 Å². The van der Waals surface area contributed by atoms with E-state index >= 15 is 0 Å². The van der Waals surface area contributed by atoms with Crippen LogP contribution in [0.15, 0.2) is 83.3 Å². The van der Waals surface area contributed by atoms with Crippen LogP contribution < -0.4 is 4.74 Å². The molecule has 0 atom stereocenters. The summed E-state index contributed by atoms with van der Waals surface area (Å²) in [5, 5.41) is 0.569. The topological polar surface area (TPSA) is 39.4 Å². The highest BCUT2D eigenvalue weighted by molar-refractivity contribution is 7.14. The second-order valence-corrected chi connectivity index (χ2v) is 8.68. The zero-order valence-corrected chi connectivity index (χ0v) is 18.6. The van der Waals surface area contributed by atoms with Crippen molar-refractivity contribution in [3.05, 3.63) is 116 Å². The standard InChI is InChI=1S/C26H21ClO3S/c1-18-6-5-9-23(27)26(18)29-17-21-11-10-20(30-21)12-14-24(28)25-15-13-22(31-25)16-19-7-3-2-4-8-19/h2-15H,16-17H2,1H3/b14-12+. The number of hydrogen-bond donors (Lipinski definition) is 0. The third kappa shape index (κ3) is 5.54. The molecule has 4 aromatic rings. The molecule has 2 aromatic heterocycles. The van der Waals surface area contributed by atoms with Crippen molar-refractivity contribution in [1.29, 1.82) is 0 Å². The maximum absolute atomic E-state index is 12.5. The summed E-state index contributed by atoms with van der Waals surface area (Å²) < 4.78 is 11.6. The van der Waals surface area contributed by atoms with Crippen molar-refractivity contribution in [2.45, 2.75) is 20.0 Å². The van der Waals surface area contributed by atoms with Gasteiger partial charge in [-0.2, -0.15) is 0 Å². The van der Waals surface area contributed by atoms with Crippen molar-refractivity contribution >= 4 is 34.8 Å². The molecular weight excluding hydrogens is 428 g/mol. The van der Waals surface area contributed by atoms with Crippen LogP contribution in [-0.2, 0) is 13.0 Å². The van der Waals surface area contributed by atoms with Crippen LogP contribution in [0.1, 0.15) is 37.2 Å². The van der Waals surface area contributed by atoms with Crippen molar-refractivity contribution in [2.24, 2.45) is 0 Å². The first-order valence-electron chi connectivity index (χ1n) is 9.90. The molecule has 0 radical (unpaired) electrons. The number of furan rings is 1. The molecule has 0 spiro atoms. The normalized spacial score (nSPS) is 11.2. The minimum absolute atomic E-state index is 0.0368. The number of allylic oxidation sites excluding steroid dienone is 1. The molecule has 0 aliphatic heterocycles. The number of para-hydroxylation sites is 1. The average molecular weight is 449 g/mol. The van der Waals surface area contributed by atoms with Crippen molar-refractivity contribution < 1.29 is 13.9 Å². The SMILES string of the molecule is Cc1cccc(Cl)c1OCc1ccc(/C=C/C(=O)c2ccc(Cc3ccccc3)s2)o1. The maximum Gasteiger partial charge on any atom is 0.195 e. The largest absolute Gasteiger partial charge is 0.484 e. The Bertz CT molecular complexity index is 1180. The van der Waals surface area contributed by atoms with Crippen LogP contribution in [0.3, 0.4) is 0 Å². The second kappa shape index (κ2) is 9.82. The van der Waals surface area contributed by atoms with Gasteiger partial charge >= 0.3 is 0 Å². The van der Waals surface area contributed by atoms with Gasteiger partial charge in [-0.25, -0.2) is 0 Å². The van der Waals surface area contributed by atoms with E-state index in [9.17, 15) is 4.79 Å². The highest BCUT2D eigenvalue weighted by Gasteiger charge is 2.09. The van der Waals surface area contributed by atoms with Gasteiger partial charge in [-0.05, 0) is 60.5 Å². The van der Waals surface area contributed by atoms with E-state index in [0.29, 0.717) is 27.2 Å². The zero-order valence-electron chi connectivity index (χ0n) is 17.0. The third-order valence-corrected chi connectivity index (χ3v) is 6.13. The van der Waals surface area contributed by atoms with E-state index in [4.69, 9.17) is 20.8 Å². The summed E-state index contributed by atoms with van der Waals surface area (Å²) in [7, 11) is 0. The summed E-state index contributed by atoms with van der Waals surface area (Å²) in [6, 6.07) is 23.4. The zero-order chi connectivity index (χ0) is 21.6. The van der Waals surface area contributed by atoms with Gasteiger partial charge in [-0.15, -0.1) is 11.3 Å². The number of carbonyl (C=O) groups excluding carboxylic acids is 1. The predicted molar refractivity (Wildman–Crippen MR) is 126 cm³/mol. The van der Waals surface area contributed by atoms with E-state index in [-0.39, 0.29) is 12.4 Å². The quantitative estimate of drug-likeness (QED) is 0.208. The molecule has 0 aliphatic carbocycles. The monoisotopic (exact) mass is 448 g/mol. The third-order valence-electron chi connectivity index (χ3n) is 4.73. The van der Waals surface area contributed by atoms with Gasteiger partial charge in [0.1, 0.15) is 23.9 Å². The first-order valence-corrected chi connectivity index (χ1v) is 11.1. The van der Waals surface area contributed by atoms with E-state index in [1.807, 2.05) is 61.5 Å². The fourth-order valence-corrected chi connectivity index (χ4v) is 4.39. The first kappa shape index (κ1) is 21.2. The summed E-state index contributed by atoms with van der Waals surface area (Å²) >= 11 is 7.71. The molecule has 0 N–H and O–H groups in total. The van der Waals surface area contributed by atoms with Crippen LogP contribution in [0.2, 0.25) is 5.02 Å². The summed E-state index contributed by atoms with van der Waals surface area (Å²) in [6.07, 6.45) is 4.05. The molecule has 2 aromatic carbocycles. The van der Waals surface area contributed by atoms with Gasteiger partial charge in [0, 0.05) is 11.3 Å². The van der Waals surface area contributed by atoms with Crippen molar-refractivity contribution in [3.8, 4) is 5.75 Å². The van der Waals surface area contributed by atoms with Gasteiger partial charge in [0.05, 0.1) is 9.90 Å². The Morgan fingerprint density at radius 1 is 1.03 bits per heavy atom. The molecule has 4 rings (SSSR count). The first-order chi connectivity index (χ1) is 15.1. The lowest BCUT2D eigenvalue weighted by molar-refractivity contribution is 0.105. The Kier molecular flexibility index (Phi) is 6.70. The Morgan fingerprint density at radius 3 is 2.68 bits per heavy atom. The number of benzene rings is 2. The Labute approximate surface area is 190 Å². The molecule has 0 aliphatic rings. The van der Waals surface area contributed by atoms with E-state index in [2.05, 4.69) is 12.1 Å². The smallest absolute Gasteiger partial charge is 0.195 e. The summed E-state index contributed by atoms with van der Waals surface area (Å²) in [6.45, 7) is 2.21. The van der Waals surface area contributed by atoms with Gasteiger partial charge in [0.25, 0.3) is 0 Å². The lowest BCUT2D eigenvalue weighted by Gasteiger charge is -2.09. The molecule has 0 saturated heterocycles. The molecule has 31 heavy (non-hydrogen) atoms. The van der Waals surface area contributed by atoms with E-state index < -0.39 is 0 Å². The van der Waals surface area contributed by atoms with Gasteiger partial charge in [0.15, 0.2) is 5.78 Å². The highest BCUT2D eigenvalue weighted by Crippen LogP contribution is 2.29. The molecule has 0 amide bonds. The number of halogens is 1. The van der Waals surface area contributed by atoms with Gasteiger partial charge < -0.3 is 9.15 Å². The molecule has 0 fully saturated rings. The number of rotatable bonds is 8. The van der Waals surface area contributed by atoms with Crippen LogP contribution in [-0.4, -0.2) is 5.78 Å². The summed E-state index contributed by atoms with van der Waals surface area (Å²) in [5.41, 5.74) is 2.20. The van der Waals surface area contributed by atoms with Crippen LogP contribution in [0.4, 0.5) is 0 Å². The maximum atomic E-state index is 12.5. The Hall–Kier alpha value is -3.08. The predicted octanol–water partition coefficient (Wildman–Crippen LogP) is 7.37. The lowest BCUT2D eigenvalue weighted by Crippen LogP contribution is -1.96. The molecule has 2 heterocycles. The van der Waals surface area contributed by atoms with E-state index in [0.717, 1.165) is 16.9 Å². The average Bonchev–Trinajstić information content (AvgIpc) is 3.42. The summed E-state index contributed by atoms with van der Waals surface area (Å²) in [5.74, 6) is 1.87. The minimum Gasteiger partial charge on any atom is -0.484 e. The molecule has 0 unspecified atom stereocenters. The molecule has 0 bridgehead atoms. The van der Waals surface area contributed by atoms with Gasteiger partial charge in [-0.3, -0.25) is 4.79 Å². The number of hydrogen-bond acceptors (Lipinski definition) is 4. The number of ketones is 1. The molecule has 3 nitrogen and oxygen atoms in total. The van der Waals surface area contributed by atoms with Crippen LogP contribution >= 0.6 is 22.9 Å². The van der Waals surface area contributed by atoms with Crippen molar-refractivity contribution in [3.63, 3.8) is 0 Å². The number of ether oxygens (including phenoxy) is 1. The number of aryl methyl sites for hydroxylation is 1. The molecule has 5 heteroatoms. The second-order valence-electron chi connectivity index (χ2n) is 7.10. The Balaban J connectivity index is 1.35. The van der Waals surface area contributed by atoms with E-state index in [1.54, 1.807) is 18.2 Å². The van der Waals surface area contributed by atoms with Crippen LogP contribution in [0.5, 0.6) is 5.75 Å². The van der Waals surface area contributed by atoms with Gasteiger partial charge in [-0.1, -0.05) is 54.1 Å². The number of thiophene rings is 1. The molecular formula is C26H21ClO3S. The van der Waals surface area contributed by atoms with Crippen LogP contribution in [0.25, 0.3) is 6.08 Å². The molecule has 0 saturated carbocycles.